The first-order valence-corrected chi connectivity index (χ1v) is 36.8. The van der Waals surface area contributed by atoms with E-state index in [1.165, 1.54) is 270 Å². The Labute approximate surface area is 517 Å². The summed E-state index contributed by atoms with van der Waals surface area (Å²) in [4.78, 5) is 38.4. The van der Waals surface area contributed by atoms with Gasteiger partial charge in [0.15, 0.2) is 6.10 Å². The fraction of sp³-hybridized carbons (Fsp3) is 0.831. The molecule has 83 heavy (non-hydrogen) atoms. The van der Waals surface area contributed by atoms with E-state index in [1.807, 2.05) is 0 Å². The predicted octanol–water partition coefficient (Wildman–Crippen LogP) is 25.5. The van der Waals surface area contributed by atoms with Crippen LogP contribution < -0.4 is 0 Å². The Hall–Kier alpha value is -2.89. The van der Waals surface area contributed by atoms with Crippen LogP contribution in [0.5, 0.6) is 0 Å². The zero-order chi connectivity index (χ0) is 59.9. The molecule has 0 N–H and O–H groups in total. The molecule has 0 aliphatic rings. The Kier molecular flexibility index (Phi) is 69.1. The van der Waals surface area contributed by atoms with Crippen molar-refractivity contribution in [2.24, 2.45) is 0 Å². The van der Waals surface area contributed by atoms with Gasteiger partial charge >= 0.3 is 17.9 Å². The van der Waals surface area contributed by atoms with Crippen LogP contribution in [0.1, 0.15) is 393 Å². The van der Waals surface area contributed by atoms with Gasteiger partial charge in [0.25, 0.3) is 0 Å². The Balaban J connectivity index is 4.18. The van der Waals surface area contributed by atoms with Crippen LogP contribution in [-0.2, 0) is 28.6 Å². The standard InChI is InChI=1S/C77H140O6/c1-4-7-10-13-16-19-22-25-27-29-31-33-34-35-36-37-38-39-40-41-42-44-45-47-49-52-55-58-61-64-67-70-76(79)82-73-74(72-81-75(78)69-66-63-60-57-54-51-24-21-18-15-12-9-6-3)83-77(80)71-68-65-62-59-56-53-50-48-46-43-32-30-28-26-23-20-17-14-11-8-5-2/h9,12,18,21,29-32,51,54,74H,4-8,10-11,13-17,19-20,22-28,33-50,52-53,55-73H2,1-3H3/b12-9-,21-18-,31-29-,32-30-,54-51-. The Morgan fingerprint density at radius 1 is 0.253 bits per heavy atom. The number of carbonyl (C=O) groups excluding carboxylic acids is 3. The zero-order valence-corrected chi connectivity index (χ0v) is 55.7. The van der Waals surface area contributed by atoms with Crippen LogP contribution in [0, 0.1) is 0 Å². The van der Waals surface area contributed by atoms with Crippen molar-refractivity contribution in [3.63, 3.8) is 0 Å². The molecule has 0 radical (unpaired) electrons. The molecule has 0 aliphatic carbocycles. The van der Waals surface area contributed by atoms with Gasteiger partial charge in [-0.15, -0.1) is 0 Å². The minimum absolute atomic E-state index is 0.0809. The van der Waals surface area contributed by atoms with Gasteiger partial charge in [-0.3, -0.25) is 14.4 Å². The summed E-state index contributed by atoms with van der Waals surface area (Å²) in [6.45, 7) is 6.56. The summed E-state index contributed by atoms with van der Waals surface area (Å²) < 4.78 is 17.0. The molecule has 0 aliphatic heterocycles. The first kappa shape index (κ1) is 80.1. The summed E-state index contributed by atoms with van der Waals surface area (Å²) in [6.07, 6.45) is 92.8. The van der Waals surface area contributed by atoms with Crippen molar-refractivity contribution in [1.29, 1.82) is 0 Å². The number of esters is 3. The van der Waals surface area contributed by atoms with Gasteiger partial charge in [0.2, 0.25) is 0 Å². The monoisotopic (exact) mass is 1160 g/mol. The maximum atomic E-state index is 12.9. The molecule has 0 aromatic carbocycles. The number of rotatable bonds is 68. The van der Waals surface area contributed by atoms with Crippen molar-refractivity contribution in [1.82, 2.24) is 0 Å². The van der Waals surface area contributed by atoms with Crippen molar-refractivity contribution < 1.29 is 28.6 Å². The smallest absolute Gasteiger partial charge is 0.306 e. The summed E-state index contributed by atoms with van der Waals surface area (Å²) in [6, 6.07) is 0. The molecule has 6 nitrogen and oxygen atoms in total. The van der Waals surface area contributed by atoms with Gasteiger partial charge in [0.1, 0.15) is 13.2 Å². The molecule has 0 saturated carbocycles. The Morgan fingerprint density at radius 3 is 0.759 bits per heavy atom. The van der Waals surface area contributed by atoms with Crippen LogP contribution in [0.25, 0.3) is 0 Å². The van der Waals surface area contributed by atoms with Crippen LogP contribution in [-0.4, -0.2) is 37.2 Å². The van der Waals surface area contributed by atoms with Crippen LogP contribution >= 0.6 is 0 Å². The van der Waals surface area contributed by atoms with Gasteiger partial charge in [-0.05, 0) is 103 Å². The number of hydrogen-bond acceptors (Lipinski definition) is 6. The van der Waals surface area contributed by atoms with Gasteiger partial charge in [-0.2, -0.15) is 0 Å². The minimum Gasteiger partial charge on any atom is -0.462 e. The highest BCUT2D eigenvalue weighted by Gasteiger charge is 2.19. The summed E-state index contributed by atoms with van der Waals surface area (Å²) in [7, 11) is 0. The van der Waals surface area contributed by atoms with E-state index in [1.54, 1.807) is 0 Å². The molecule has 0 amide bonds. The van der Waals surface area contributed by atoms with Gasteiger partial charge in [-0.1, -0.05) is 332 Å². The fourth-order valence-corrected chi connectivity index (χ4v) is 11.0. The third-order valence-corrected chi connectivity index (χ3v) is 16.5. The maximum absolute atomic E-state index is 12.9. The molecule has 0 aromatic heterocycles. The summed E-state index contributed by atoms with van der Waals surface area (Å²) in [5.41, 5.74) is 0. The van der Waals surface area contributed by atoms with E-state index in [2.05, 4.69) is 81.5 Å². The fourth-order valence-electron chi connectivity index (χ4n) is 11.0. The largest absolute Gasteiger partial charge is 0.462 e. The SMILES string of the molecule is CC/C=C\C/C=C\C/C=C\CCCCCC(=O)OCC(COC(=O)CCCCCCCCCCCCCCCCCCCCC/C=C\CCCCCCCCCC)OC(=O)CCCCCCCCCCC/C=C\CCCCCCCCCC. The van der Waals surface area contributed by atoms with Crippen molar-refractivity contribution in [3.05, 3.63) is 60.8 Å². The molecule has 1 atom stereocenters. The first-order valence-electron chi connectivity index (χ1n) is 36.8. The van der Waals surface area contributed by atoms with E-state index in [-0.39, 0.29) is 31.1 Å². The molecular weight excluding hydrogens is 1020 g/mol. The molecule has 0 bridgehead atoms. The number of ether oxygens (including phenoxy) is 3. The lowest BCUT2D eigenvalue weighted by molar-refractivity contribution is -0.167. The molecule has 0 spiro atoms. The van der Waals surface area contributed by atoms with Gasteiger partial charge in [0, 0.05) is 19.3 Å². The second-order valence-corrected chi connectivity index (χ2v) is 24.8. The van der Waals surface area contributed by atoms with E-state index >= 15 is 0 Å². The molecule has 1 unspecified atom stereocenters. The van der Waals surface area contributed by atoms with Crippen LogP contribution in [0.2, 0.25) is 0 Å². The summed E-state index contributed by atoms with van der Waals surface area (Å²) >= 11 is 0. The van der Waals surface area contributed by atoms with Gasteiger partial charge in [0.05, 0.1) is 0 Å². The number of unbranched alkanes of at least 4 members (excludes halogenated alkanes) is 47. The highest BCUT2D eigenvalue weighted by atomic mass is 16.6. The van der Waals surface area contributed by atoms with Gasteiger partial charge < -0.3 is 14.2 Å². The van der Waals surface area contributed by atoms with Crippen molar-refractivity contribution >= 4 is 17.9 Å². The highest BCUT2D eigenvalue weighted by Crippen LogP contribution is 2.18. The molecule has 0 saturated heterocycles. The molecule has 484 valence electrons. The highest BCUT2D eigenvalue weighted by molar-refractivity contribution is 5.71. The average Bonchev–Trinajstić information content (AvgIpc) is 3.49. The molecule has 0 heterocycles. The van der Waals surface area contributed by atoms with Crippen molar-refractivity contribution in [2.75, 3.05) is 13.2 Å². The third kappa shape index (κ3) is 69.8. The van der Waals surface area contributed by atoms with E-state index in [0.29, 0.717) is 19.3 Å². The summed E-state index contributed by atoms with van der Waals surface area (Å²) in [5.74, 6) is -0.890. The van der Waals surface area contributed by atoms with E-state index in [0.717, 1.165) is 83.5 Å². The quantitative estimate of drug-likeness (QED) is 0.0261. The topological polar surface area (TPSA) is 78.9 Å². The lowest BCUT2D eigenvalue weighted by Gasteiger charge is -2.18. The maximum Gasteiger partial charge on any atom is 0.306 e. The van der Waals surface area contributed by atoms with Crippen LogP contribution in [0.3, 0.4) is 0 Å². The Bertz CT molecular complexity index is 1470. The number of hydrogen-bond donors (Lipinski definition) is 0. The lowest BCUT2D eigenvalue weighted by atomic mass is 10.0. The lowest BCUT2D eigenvalue weighted by Crippen LogP contribution is -2.30. The van der Waals surface area contributed by atoms with Crippen molar-refractivity contribution in [3.8, 4) is 0 Å². The first-order chi connectivity index (χ1) is 41.0. The van der Waals surface area contributed by atoms with Gasteiger partial charge in [-0.25, -0.2) is 0 Å². The minimum atomic E-state index is -0.788. The second kappa shape index (κ2) is 71.6. The second-order valence-electron chi connectivity index (χ2n) is 24.8. The Morgan fingerprint density at radius 2 is 0.470 bits per heavy atom. The average molecular weight is 1160 g/mol. The van der Waals surface area contributed by atoms with Crippen LogP contribution in [0.15, 0.2) is 60.8 Å². The molecule has 0 fully saturated rings. The van der Waals surface area contributed by atoms with Crippen LogP contribution in [0.4, 0.5) is 0 Å². The number of allylic oxidation sites excluding steroid dienone is 10. The van der Waals surface area contributed by atoms with E-state index < -0.39 is 6.10 Å². The molecule has 0 aromatic rings. The normalized spacial score (nSPS) is 12.4. The molecular formula is C77H140O6. The third-order valence-electron chi connectivity index (χ3n) is 16.5. The van der Waals surface area contributed by atoms with Crippen molar-refractivity contribution in [2.45, 2.75) is 399 Å². The molecule has 0 rings (SSSR count). The molecule has 6 heteroatoms. The summed E-state index contributed by atoms with van der Waals surface area (Å²) in [5, 5.41) is 0. The zero-order valence-electron chi connectivity index (χ0n) is 55.7. The predicted molar refractivity (Wildman–Crippen MR) is 362 cm³/mol. The number of carbonyl (C=O) groups is 3. The van der Waals surface area contributed by atoms with E-state index in [4.69, 9.17) is 14.2 Å². The van der Waals surface area contributed by atoms with E-state index in [9.17, 15) is 14.4 Å².